The number of aryl methyl sites for hydroxylation is 1. The van der Waals surface area contributed by atoms with E-state index in [1.807, 2.05) is 26.1 Å². The Labute approximate surface area is 130 Å². The van der Waals surface area contributed by atoms with Crippen LogP contribution >= 0.6 is 11.8 Å². The Kier molecular flexibility index (Phi) is 5.36. The first-order chi connectivity index (χ1) is 10.1. The first kappa shape index (κ1) is 16.0. The van der Waals surface area contributed by atoms with Crippen molar-refractivity contribution >= 4 is 17.7 Å². The highest BCUT2D eigenvalue weighted by Crippen LogP contribution is 2.30. The van der Waals surface area contributed by atoms with Gasteiger partial charge in [-0.05, 0) is 30.2 Å². The molecule has 0 aliphatic carbocycles. The number of likely N-dealkylation sites (N-methyl/N-ethyl adjacent to an activating group) is 1. The molecule has 6 heteroatoms. The second-order valence-electron chi connectivity index (χ2n) is 5.10. The van der Waals surface area contributed by atoms with Crippen molar-refractivity contribution in [1.82, 2.24) is 10.2 Å². The molecular weight excluding hydrogens is 288 g/mol. The van der Waals surface area contributed by atoms with E-state index in [2.05, 4.69) is 5.32 Å². The molecule has 1 unspecified atom stereocenters. The first-order valence-corrected chi connectivity index (χ1v) is 8.00. The number of rotatable bonds is 5. The number of hydrogen-bond donors (Lipinski definition) is 1. The molecule has 0 aromatic heterocycles. The van der Waals surface area contributed by atoms with Crippen LogP contribution in [0.2, 0.25) is 0 Å². The average Bonchev–Trinajstić information content (AvgIpc) is 3.02. The van der Waals surface area contributed by atoms with E-state index in [0.29, 0.717) is 18.0 Å². The molecule has 1 atom stereocenters. The van der Waals surface area contributed by atoms with Crippen molar-refractivity contribution in [2.24, 2.45) is 0 Å². The van der Waals surface area contributed by atoms with E-state index >= 15 is 0 Å². The monoisotopic (exact) mass is 310 g/mol. The number of hydrogen-bond acceptors (Lipinski definition) is 5. The largest absolute Gasteiger partial charge is 0.493 e. The first-order valence-electron chi connectivity index (χ1n) is 6.84. The summed E-state index contributed by atoms with van der Waals surface area (Å²) in [7, 11) is 5.07. The number of carbonyl (C=O) groups excluding carboxylic acids is 1. The summed E-state index contributed by atoms with van der Waals surface area (Å²) in [5, 5.41) is 3.21. The standard InChI is InChI=1S/C15H22N2O3S/c1-10-5-13(19-3)14(20-4)6-11(10)7-17(2)15(18)12-8-21-9-16-12/h5-6,12,16H,7-9H2,1-4H3. The van der Waals surface area contributed by atoms with Gasteiger partial charge in [0, 0.05) is 25.2 Å². The lowest BCUT2D eigenvalue weighted by Crippen LogP contribution is -2.42. The Morgan fingerprint density at radius 3 is 2.62 bits per heavy atom. The lowest BCUT2D eigenvalue weighted by molar-refractivity contribution is -0.131. The smallest absolute Gasteiger partial charge is 0.240 e. The van der Waals surface area contributed by atoms with Crippen LogP contribution in [-0.4, -0.2) is 49.7 Å². The summed E-state index contributed by atoms with van der Waals surface area (Å²) in [6, 6.07) is 3.81. The maximum atomic E-state index is 12.3. The SMILES string of the molecule is COc1cc(C)c(CN(C)C(=O)C2CSCN2)cc1OC. The van der Waals surface area contributed by atoms with E-state index < -0.39 is 0 Å². The number of carbonyl (C=O) groups is 1. The number of nitrogens with one attached hydrogen (secondary N) is 1. The van der Waals surface area contributed by atoms with E-state index in [-0.39, 0.29) is 11.9 Å². The number of nitrogens with zero attached hydrogens (tertiary/aromatic N) is 1. The molecule has 1 aliphatic heterocycles. The van der Waals surface area contributed by atoms with Crippen molar-refractivity contribution in [3.05, 3.63) is 23.3 Å². The molecular formula is C15H22N2O3S. The minimum atomic E-state index is -0.0690. The van der Waals surface area contributed by atoms with Crippen molar-refractivity contribution in [2.45, 2.75) is 19.5 Å². The molecule has 1 fully saturated rings. The highest BCUT2D eigenvalue weighted by atomic mass is 32.2. The van der Waals surface area contributed by atoms with Crippen molar-refractivity contribution in [3.8, 4) is 11.5 Å². The Bertz CT molecular complexity index is 516. The van der Waals surface area contributed by atoms with E-state index in [4.69, 9.17) is 9.47 Å². The van der Waals surface area contributed by atoms with Crippen LogP contribution in [0.5, 0.6) is 11.5 Å². The van der Waals surface area contributed by atoms with Gasteiger partial charge in [0.05, 0.1) is 20.3 Å². The fourth-order valence-electron chi connectivity index (χ4n) is 2.35. The minimum absolute atomic E-state index is 0.0690. The lowest BCUT2D eigenvalue weighted by atomic mass is 10.1. The third-order valence-corrected chi connectivity index (χ3v) is 4.58. The predicted octanol–water partition coefficient (Wildman–Crippen LogP) is 1.63. The Morgan fingerprint density at radius 2 is 2.05 bits per heavy atom. The van der Waals surface area contributed by atoms with Crippen molar-refractivity contribution in [3.63, 3.8) is 0 Å². The fraction of sp³-hybridized carbons (Fsp3) is 0.533. The molecule has 1 aromatic rings. The maximum absolute atomic E-state index is 12.3. The second kappa shape index (κ2) is 7.04. The normalized spacial score (nSPS) is 17.6. The number of amides is 1. The minimum Gasteiger partial charge on any atom is -0.493 e. The van der Waals surface area contributed by atoms with Gasteiger partial charge in [0.1, 0.15) is 0 Å². The van der Waals surface area contributed by atoms with Gasteiger partial charge in [-0.15, -0.1) is 11.8 Å². The number of methoxy groups -OCH3 is 2. The van der Waals surface area contributed by atoms with Gasteiger partial charge in [-0.2, -0.15) is 0 Å². The van der Waals surface area contributed by atoms with E-state index in [0.717, 1.165) is 22.8 Å². The van der Waals surface area contributed by atoms with Gasteiger partial charge in [-0.3, -0.25) is 10.1 Å². The van der Waals surface area contributed by atoms with Gasteiger partial charge in [-0.25, -0.2) is 0 Å². The second-order valence-corrected chi connectivity index (χ2v) is 6.13. The predicted molar refractivity (Wildman–Crippen MR) is 85.0 cm³/mol. The number of ether oxygens (including phenoxy) is 2. The molecule has 1 saturated heterocycles. The topological polar surface area (TPSA) is 50.8 Å². The van der Waals surface area contributed by atoms with Gasteiger partial charge >= 0.3 is 0 Å². The van der Waals surface area contributed by atoms with Crippen LogP contribution in [0, 0.1) is 6.92 Å². The molecule has 1 amide bonds. The molecule has 2 rings (SSSR count). The van der Waals surface area contributed by atoms with Crippen molar-refractivity contribution in [2.75, 3.05) is 32.9 Å². The summed E-state index contributed by atoms with van der Waals surface area (Å²) in [6.07, 6.45) is 0. The molecule has 1 N–H and O–H groups in total. The molecule has 0 bridgehead atoms. The molecule has 116 valence electrons. The maximum Gasteiger partial charge on any atom is 0.240 e. The molecule has 21 heavy (non-hydrogen) atoms. The molecule has 0 spiro atoms. The third kappa shape index (κ3) is 3.63. The third-order valence-electron chi connectivity index (χ3n) is 3.64. The number of benzene rings is 1. The van der Waals surface area contributed by atoms with E-state index in [1.54, 1.807) is 30.9 Å². The van der Waals surface area contributed by atoms with Crippen molar-refractivity contribution in [1.29, 1.82) is 0 Å². The molecule has 5 nitrogen and oxygen atoms in total. The molecule has 0 radical (unpaired) electrons. The Morgan fingerprint density at radius 1 is 1.38 bits per heavy atom. The zero-order valence-electron chi connectivity index (χ0n) is 12.9. The van der Waals surface area contributed by atoms with E-state index in [9.17, 15) is 4.79 Å². The van der Waals surface area contributed by atoms with E-state index in [1.165, 1.54) is 0 Å². The van der Waals surface area contributed by atoms with Crippen LogP contribution in [0.25, 0.3) is 0 Å². The van der Waals surface area contributed by atoms with Crippen LogP contribution in [0.3, 0.4) is 0 Å². The quantitative estimate of drug-likeness (QED) is 0.896. The zero-order valence-corrected chi connectivity index (χ0v) is 13.8. The van der Waals surface area contributed by atoms with Gasteiger partial charge in [0.15, 0.2) is 11.5 Å². The lowest BCUT2D eigenvalue weighted by Gasteiger charge is -2.22. The average molecular weight is 310 g/mol. The molecule has 1 aromatic carbocycles. The highest BCUT2D eigenvalue weighted by molar-refractivity contribution is 7.99. The fourth-order valence-corrected chi connectivity index (χ4v) is 3.28. The summed E-state index contributed by atoms with van der Waals surface area (Å²) < 4.78 is 10.6. The summed E-state index contributed by atoms with van der Waals surface area (Å²) >= 11 is 1.75. The summed E-state index contributed by atoms with van der Waals surface area (Å²) in [5.41, 5.74) is 2.15. The molecule has 1 heterocycles. The molecule has 1 aliphatic rings. The van der Waals surface area contributed by atoms with Crippen LogP contribution in [0.1, 0.15) is 11.1 Å². The van der Waals surface area contributed by atoms with Gasteiger partial charge < -0.3 is 14.4 Å². The summed E-state index contributed by atoms with van der Waals surface area (Å²) in [4.78, 5) is 14.1. The van der Waals surface area contributed by atoms with Gasteiger partial charge in [0.2, 0.25) is 5.91 Å². The molecule has 0 saturated carbocycles. The van der Waals surface area contributed by atoms with Crippen molar-refractivity contribution < 1.29 is 14.3 Å². The number of thioether (sulfide) groups is 1. The van der Waals surface area contributed by atoms with Crippen LogP contribution in [0.15, 0.2) is 12.1 Å². The Hall–Kier alpha value is -1.40. The van der Waals surface area contributed by atoms with Crippen LogP contribution in [0.4, 0.5) is 0 Å². The van der Waals surface area contributed by atoms with Gasteiger partial charge in [-0.1, -0.05) is 0 Å². The van der Waals surface area contributed by atoms with Crippen LogP contribution in [-0.2, 0) is 11.3 Å². The highest BCUT2D eigenvalue weighted by Gasteiger charge is 2.25. The summed E-state index contributed by atoms with van der Waals surface area (Å²) in [5.74, 6) is 3.22. The van der Waals surface area contributed by atoms with Gasteiger partial charge in [0.25, 0.3) is 0 Å². The summed E-state index contributed by atoms with van der Waals surface area (Å²) in [6.45, 7) is 2.58. The zero-order chi connectivity index (χ0) is 15.4. The van der Waals surface area contributed by atoms with Crippen LogP contribution < -0.4 is 14.8 Å². The Balaban J connectivity index is 2.12.